The molecule has 57 heavy (non-hydrogen) atoms. The predicted octanol–water partition coefficient (Wildman–Crippen LogP) is 3.26. The SMILES string of the molecule is CC(C)(C)Cn1c(CN2C(=O)CN(C(=O)OC(C)(C)C)CC2=O)cc2cnc(C#N)nc21.CC(C)(C)Cn1c(CN2C(=O)CNCC2=O)cc2cnc(C#N)nc21. The number of hydrogen-bond acceptors (Lipinski definition) is 13. The molecule has 0 aliphatic carbocycles. The average Bonchev–Trinajstić information content (AvgIpc) is 3.61. The monoisotopic (exact) mass is 780 g/mol. The number of piperazine rings is 2. The van der Waals surface area contributed by atoms with Crippen molar-refractivity contribution in [3.63, 3.8) is 0 Å². The summed E-state index contributed by atoms with van der Waals surface area (Å²) in [5.41, 5.74) is 1.83. The van der Waals surface area contributed by atoms with Gasteiger partial charge in [0.15, 0.2) is 0 Å². The number of imide groups is 2. The van der Waals surface area contributed by atoms with E-state index >= 15 is 0 Å². The first-order valence-electron chi connectivity index (χ1n) is 18.4. The Morgan fingerprint density at radius 1 is 0.702 bits per heavy atom. The molecule has 0 aromatic carbocycles. The van der Waals surface area contributed by atoms with Gasteiger partial charge in [-0.3, -0.25) is 39.2 Å². The zero-order valence-electron chi connectivity index (χ0n) is 33.8. The van der Waals surface area contributed by atoms with E-state index in [1.165, 1.54) is 4.90 Å². The fourth-order valence-electron chi connectivity index (χ4n) is 6.29. The van der Waals surface area contributed by atoms with Gasteiger partial charge in [0.25, 0.3) is 0 Å². The second-order valence-electron chi connectivity index (χ2n) is 17.4. The maximum atomic E-state index is 12.8. The van der Waals surface area contributed by atoms with Gasteiger partial charge in [0, 0.05) is 47.6 Å². The molecule has 2 fully saturated rings. The molecule has 6 rings (SSSR count). The Labute approximate surface area is 330 Å². The number of carbonyl (C=O) groups is 5. The zero-order valence-corrected chi connectivity index (χ0v) is 33.8. The normalized spacial score (nSPS) is 15.5. The number of rotatable bonds is 6. The fourth-order valence-corrected chi connectivity index (χ4v) is 6.29. The number of nitriles is 2. The highest BCUT2D eigenvalue weighted by Gasteiger charge is 2.36. The maximum Gasteiger partial charge on any atom is 0.411 e. The molecule has 0 unspecified atom stereocenters. The van der Waals surface area contributed by atoms with Crippen molar-refractivity contribution in [1.82, 2.24) is 49.1 Å². The molecule has 18 nitrogen and oxygen atoms in total. The van der Waals surface area contributed by atoms with E-state index in [1.807, 2.05) is 33.4 Å². The van der Waals surface area contributed by atoms with E-state index in [2.05, 4.69) is 66.8 Å². The van der Waals surface area contributed by atoms with Crippen LogP contribution < -0.4 is 5.32 Å². The summed E-state index contributed by atoms with van der Waals surface area (Å²) in [6, 6.07) is 7.60. The molecule has 0 atom stereocenters. The van der Waals surface area contributed by atoms with Crippen LogP contribution in [0.2, 0.25) is 0 Å². The van der Waals surface area contributed by atoms with Crippen LogP contribution in [0.25, 0.3) is 22.1 Å². The van der Waals surface area contributed by atoms with Crippen LogP contribution in [-0.2, 0) is 50.1 Å². The molecule has 0 spiro atoms. The van der Waals surface area contributed by atoms with Crippen molar-refractivity contribution >= 4 is 51.8 Å². The summed E-state index contributed by atoms with van der Waals surface area (Å²) >= 11 is 0. The summed E-state index contributed by atoms with van der Waals surface area (Å²) in [7, 11) is 0. The van der Waals surface area contributed by atoms with Gasteiger partial charge >= 0.3 is 6.09 Å². The number of nitrogens with one attached hydrogen (secondary N) is 1. The average molecular weight is 781 g/mol. The van der Waals surface area contributed by atoms with Gasteiger partial charge in [-0.2, -0.15) is 10.5 Å². The van der Waals surface area contributed by atoms with Crippen LogP contribution in [0.15, 0.2) is 24.5 Å². The molecule has 0 saturated carbocycles. The van der Waals surface area contributed by atoms with Gasteiger partial charge in [0.05, 0.1) is 26.2 Å². The van der Waals surface area contributed by atoms with Crippen LogP contribution in [0.3, 0.4) is 0 Å². The molecule has 18 heteroatoms. The highest BCUT2D eigenvalue weighted by Crippen LogP contribution is 2.27. The third-order valence-electron chi connectivity index (χ3n) is 8.61. The van der Waals surface area contributed by atoms with Crippen molar-refractivity contribution in [2.75, 3.05) is 26.2 Å². The number of aromatic nitrogens is 6. The topological polar surface area (TPSA) is 225 Å². The van der Waals surface area contributed by atoms with E-state index < -0.39 is 23.5 Å². The molecule has 4 aromatic heterocycles. The molecule has 0 bridgehead atoms. The Hall–Kier alpha value is -6.27. The lowest BCUT2D eigenvalue weighted by Gasteiger charge is -2.34. The number of nitrogens with zero attached hydrogens (tertiary/aromatic N) is 11. The Morgan fingerprint density at radius 3 is 1.47 bits per heavy atom. The van der Waals surface area contributed by atoms with Crippen molar-refractivity contribution in [1.29, 1.82) is 10.5 Å². The van der Waals surface area contributed by atoms with Gasteiger partial charge in [-0.15, -0.1) is 0 Å². The Balaban J connectivity index is 0.000000224. The van der Waals surface area contributed by atoms with E-state index in [4.69, 9.17) is 10.00 Å². The lowest BCUT2D eigenvalue weighted by Crippen LogP contribution is -2.56. The first-order valence-corrected chi connectivity index (χ1v) is 18.4. The van der Waals surface area contributed by atoms with Gasteiger partial charge < -0.3 is 13.9 Å². The first-order chi connectivity index (χ1) is 26.6. The minimum atomic E-state index is -0.725. The third-order valence-corrected chi connectivity index (χ3v) is 8.61. The summed E-state index contributed by atoms with van der Waals surface area (Å²) in [6.45, 7) is 18.9. The van der Waals surface area contributed by atoms with Crippen LogP contribution in [0.4, 0.5) is 4.79 Å². The standard InChI is InChI=1S/C22H28N6O4.C17H20N6O2/c1-21(2,3)13-28-15(7-14-9-24-16(8-23)25-19(14)28)10-27-17(29)11-26(12-18(27)30)20(31)32-22(4,5)6;1-17(2,3)10-23-12(9-22-14(24)7-19-8-15(22)25)4-11-6-20-13(5-18)21-16(11)23/h7,9H,10-13H2,1-6H3;4,6,19H,7-10H2,1-3H3. The van der Waals surface area contributed by atoms with E-state index in [9.17, 15) is 29.2 Å². The van der Waals surface area contributed by atoms with Crippen molar-refractivity contribution in [2.45, 2.75) is 94.1 Å². The van der Waals surface area contributed by atoms with Crippen LogP contribution in [0, 0.1) is 33.5 Å². The van der Waals surface area contributed by atoms with Crippen LogP contribution in [0.1, 0.15) is 85.4 Å². The summed E-state index contributed by atoms with van der Waals surface area (Å²) < 4.78 is 9.17. The van der Waals surface area contributed by atoms with Gasteiger partial charge in [0.2, 0.25) is 35.3 Å². The molecule has 2 aliphatic rings. The number of ether oxygens (including phenoxy) is 1. The van der Waals surface area contributed by atoms with Crippen LogP contribution >= 0.6 is 0 Å². The van der Waals surface area contributed by atoms with Crippen molar-refractivity contribution in [2.24, 2.45) is 10.8 Å². The summed E-state index contributed by atoms with van der Waals surface area (Å²) in [4.78, 5) is 82.2. The van der Waals surface area contributed by atoms with E-state index in [0.29, 0.717) is 30.1 Å². The van der Waals surface area contributed by atoms with Crippen molar-refractivity contribution in [3.05, 3.63) is 47.6 Å². The van der Waals surface area contributed by atoms with Crippen molar-refractivity contribution < 1.29 is 28.7 Å². The quantitative estimate of drug-likeness (QED) is 0.278. The molecule has 2 saturated heterocycles. The van der Waals surface area contributed by atoms with Gasteiger partial charge in [-0.1, -0.05) is 41.5 Å². The Morgan fingerprint density at radius 2 is 1.11 bits per heavy atom. The van der Waals surface area contributed by atoms with E-state index in [1.54, 1.807) is 33.2 Å². The second-order valence-corrected chi connectivity index (χ2v) is 17.4. The summed E-state index contributed by atoms with van der Waals surface area (Å²) in [6.07, 6.45) is 2.47. The molecule has 2 aliphatic heterocycles. The Bertz CT molecular complexity index is 2290. The lowest BCUT2D eigenvalue weighted by atomic mass is 9.97. The summed E-state index contributed by atoms with van der Waals surface area (Å²) in [5.74, 6) is -1.30. The first kappa shape index (κ1) is 41.9. The molecule has 0 radical (unpaired) electrons. The van der Waals surface area contributed by atoms with Crippen LogP contribution in [0.5, 0.6) is 0 Å². The Kier molecular flexibility index (Phi) is 11.8. The fraction of sp³-hybridized carbons (Fsp3) is 0.513. The molecule has 5 amide bonds. The molecule has 300 valence electrons. The molecule has 1 N–H and O–H groups in total. The number of carbonyl (C=O) groups excluding carboxylic acids is 5. The zero-order chi connectivity index (χ0) is 42.0. The van der Waals surface area contributed by atoms with Gasteiger partial charge in [-0.25, -0.2) is 24.7 Å². The second kappa shape index (κ2) is 16.1. The van der Waals surface area contributed by atoms with Crippen LogP contribution in [-0.4, -0.2) is 105 Å². The molecule has 4 aromatic rings. The highest BCUT2D eigenvalue weighted by atomic mass is 16.6. The molecular weight excluding hydrogens is 733 g/mol. The predicted molar refractivity (Wildman–Crippen MR) is 205 cm³/mol. The van der Waals surface area contributed by atoms with Gasteiger partial charge in [-0.05, 0) is 43.7 Å². The lowest BCUT2D eigenvalue weighted by molar-refractivity contribution is -0.152. The van der Waals surface area contributed by atoms with E-state index in [-0.39, 0.29) is 73.6 Å². The van der Waals surface area contributed by atoms with E-state index in [0.717, 1.165) is 26.3 Å². The minimum absolute atomic E-state index is 0.0359. The number of fused-ring (bicyclic) bond motifs is 2. The minimum Gasteiger partial charge on any atom is -0.444 e. The summed E-state index contributed by atoms with van der Waals surface area (Å²) in [5, 5.41) is 22.5. The maximum absolute atomic E-state index is 12.8. The van der Waals surface area contributed by atoms with Crippen molar-refractivity contribution in [3.8, 4) is 12.1 Å². The number of hydrogen-bond donors (Lipinski definition) is 1. The molecular formula is C39H48N12O6. The largest absolute Gasteiger partial charge is 0.444 e. The number of amides is 5. The molecule has 6 heterocycles. The smallest absolute Gasteiger partial charge is 0.411 e. The highest BCUT2D eigenvalue weighted by molar-refractivity contribution is 6.02. The van der Waals surface area contributed by atoms with Gasteiger partial charge in [0.1, 0.15) is 42.1 Å². The third kappa shape index (κ3) is 10.3.